The molecule has 2 spiro atoms. The van der Waals surface area contributed by atoms with Gasteiger partial charge >= 0.3 is 5.97 Å². The number of esters is 1. The number of aliphatic hydroxyl groups excluding tert-OH is 1. The van der Waals surface area contributed by atoms with E-state index in [9.17, 15) is 15.0 Å². The number of rotatable bonds is 14. The highest BCUT2D eigenvalue weighted by Crippen LogP contribution is 2.89. The number of morpholine rings is 1. The third-order valence-corrected chi connectivity index (χ3v) is 17.7. The van der Waals surface area contributed by atoms with Gasteiger partial charge in [0.2, 0.25) is 0 Å². The van der Waals surface area contributed by atoms with Crippen LogP contribution in [0.1, 0.15) is 113 Å². The van der Waals surface area contributed by atoms with Crippen molar-refractivity contribution >= 4 is 5.97 Å². The van der Waals surface area contributed by atoms with Crippen molar-refractivity contribution in [3.63, 3.8) is 0 Å². The van der Waals surface area contributed by atoms with Gasteiger partial charge < -0.3 is 38.8 Å². The van der Waals surface area contributed by atoms with Gasteiger partial charge in [0.1, 0.15) is 0 Å². The van der Waals surface area contributed by atoms with E-state index in [2.05, 4.69) is 44.4 Å². The van der Waals surface area contributed by atoms with Gasteiger partial charge in [0.25, 0.3) is 0 Å². The van der Waals surface area contributed by atoms with E-state index in [1.807, 2.05) is 0 Å². The minimum absolute atomic E-state index is 0.00988. The van der Waals surface area contributed by atoms with E-state index in [0.717, 1.165) is 64.6 Å². The molecule has 7 rings (SSSR count). The van der Waals surface area contributed by atoms with Crippen molar-refractivity contribution in [3.8, 4) is 0 Å². The third kappa shape index (κ3) is 6.64. The predicted molar refractivity (Wildman–Crippen MR) is 208 cm³/mol. The summed E-state index contributed by atoms with van der Waals surface area (Å²) in [5.74, 6) is 1.98. The molecule has 0 aromatic carbocycles. The second kappa shape index (κ2) is 14.8. The van der Waals surface area contributed by atoms with Gasteiger partial charge in [-0.15, -0.1) is 0 Å². The smallest absolute Gasteiger partial charge is 0.303 e. The molecule has 0 aromatic heterocycles. The monoisotopic (exact) mass is 761 g/mol. The van der Waals surface area contributed by atoms with E-state index in [-0.39, 0.29) is 40.7 Å². The van der Waals surface area contributed by atoms with Crippen LogP contribution in [-0.4, -0.2) is 129 Å². The lowest BCUT2D eigenvalue weighted by Crippen LogP contribution is -2.60. The van der Waals surface area contributed by atoms with Crippen LogP contribution in [-0.2, 0) is 28.5 Å². The van der Waals surface area contributed by atoms with Gasteiger partial charge in [-0.2, -0.15) is 0 Å². The number of hydrogen-bond acceptors (Lipinski definition) is 10. The number of nitrogens with zero attached hydrogens (tertiary/aromatic N) is 2. The van der Waals surface area contributed by atoms with E-state index in [1.54, 1.807) is 28.1 Å². The van der Waals surface area contributed by atoms with Crippen LogP contribution in [0, 0.1) is 56.7 Å². The molecule has 0 amide bonds. The SMILES string of the molecule is COCCN1CC(CN2CCO[C@@H](O[C@H]3CC[C@]45CC46CC[C@]4(C)[C@@H]([C@H](C)CC(OC)[C@H](OC(C)=O)C(C)(C)O)C[C@H](O)[C@@]4(C)C6CC[C@H]5C3(C)C)C2)C1. The molecule has 7 aliphatic rings. The molecular formula is C44H76N2O8. The van der Waals surface area contributed by atoms with Crippen LogP contribution in [0.5, 0.6) is 0 Å². The minimum atomic E-state index is -1.24. The molecule has 2 aliphatic heterocycles. The summed E-state index contributed by atoms with van der Waals surface area (Å²) >= 11 is 0. The first kappa shape index (κ1) is 41.3. The van der Waals surface area contributed by atoms with E-state index >= 15 is 0 Å². The van der Waals surface area contributed by atoms with Crippen molar-refractivity contribution in [1.29, 1.82) is 0 Å². The van der Waals surface area contributed by atoms with Crippen LogP contribution in [0.25, 0.3) is 0 Å². The maximum absolute atomic E-state index is 12.3. The summed E-state index contributed by atoms with van der Waals surface area (Å²) in [7, 11) is 3.43. The molecule has 7 fully saturated rings. The van der Waals surface area contributed by atoms with Gasteiger partial charge in [-0.05, 0) is 123 Å². The second-order valence-electron chi connectivity index (χ2n) is 21.1. The van der Waals surface area contributed by atoms with Gasteiger partial charge in [0.05, 0.1) is 37.1 Å². The summed E-state index contributed by atoms with van der Waals surface area (Å²) in [5, 5.41) is 23.2. The molecule has 0 bridgehead atoms. The Kier molecular flexibility index (Phi) is 11.3. The molecule has 10 nitrogen and oxygen atoms in total. The lowest BCUT2D eigenvalue weighted by molar-refractivity contribution is -0.249. The lowest BCUT2D eigenvalue weighted by Gasteiger charge is -2.64. The minimum Gasteiger partial charge on any atom is -0.457 e. The Balaban J connectivity index is 1.01. The van der Waals surface area contributed by atoms with Crippen LogP contribution in [0.2, 0.25) is 0 Å². The normalized spacial score (nSPS) is 43.9. The summed E-state index contributed by atoms with van der Waals surface area (Å²) in [6.45, 7) is 24.9. The van der Waals surface area contributed by atoms with Gasteiger partial charge in [-0.25, -0.2) is 0 Å². The molecule has 3 unspecified atom stereocenters. The first-order valence-electron chi connectivity index (χ1n) is 21.7. The summed E-state index contributed by atoms with van der Waals surface area (Å²) in [4.78, 5) is 17.1. The molecule has 0 aromatic rings. The highest BCUT2D eigenvalue weighted by Gasteiger charge is 2.83. The number of carbonyl (C=O) groups excluding carboxylic acids is 1. The van der Waals surface area contributed by atoms with Crippen molar-refractivity contribution in [2.75, 3.05) is 66.7 Å². The number of hydrogen-bond donors (Lipinski definition) is 2. The van der Waals surface area contributed by atoms with Crippen LogP contribution in [0.15, 0.2) is 0 Å². The lowest BCUT2D eigenvalue weighted by atomic mass is 9.41. The highest BCUT2D eigenvalue weighted by atomic mass is 16.7. The first-order chi connectivity index (χ1) is 25.4. The summed E-state index contributed by atoms with van der Waals surface area (Å²) in [5.41, 5.74) is -0.693. The number of fused-ring (bicyclic) bond motifs is 2. The quantitative estimate of drug-likeness (QED) is 0.212. The zero-order valence-corrected chi connectivity index (χ0v) is 35.5. The molecule has 2 heterocycles. The van der Waals surface area contributed by atoms with Crippen molar-refractivity contribution in [3.05, 3.63) is 0 Å². The Bertz CT molecular complexity index is 1350. The van der Waals surface area contributed by atoms with E-state index < -0.39 is 23.8 Å². The Morgan fingerprint density at radius 1 is 0.981 bits per heavy atom. The van der Waals surface area contributed by atoms with E-state index in [0.29, 0.717) is 35.0 Å². The molecular weight excluding hydrogens is 684 g/mol. The van der Waals surface area contributed by atoms with E-state index in [4.69, 9.17) is 23.7 Å². The molecule has 2 saturated heterocycles. The van der Waals surface area contributed by atoms with Crippen LogP contribution in [0.3, 0.4) is 0 Å². The molecule has 54 heavy (non-hydrogen) atoms. The average molecular weight is 761 g/mol. The molecule has 10 heteroatoms. The predicted octanol–water partition coefficient (Wildman–Crippen LogP) is 5.76. The van der Waals surface area contributed by atoms with Gasteiger partial charge in [-0.1, -0.05) is 34.6 Å². The molecule has 0 radical (unpaired) electrons. The summed E-state index contributed by atoms with van der Waals surface area (Å²) in [6.07, 6.45) is 8.34. The maximum atomic E-state index is 12.3. The maximum Gasteiger partial charge on any atom is 0.303 e. The highest BCUT2D eigenvalue weighted by molar-refractivity contribution is 5.66. The van der Waals surface area contributed by atoms with Gasteiger partial charge in [0, 0.05) is 65.8 Å². The topological polar surface area (TPSA) is 110 Å². The zero-order valence-electron chi connectivity index (χ0n) is 35.5. The molecule has 5 saturated carbocycles. The Morgan fingerprint density at radius 2 is 1.69 bits per heavy atom. The summed E-state index contributed by atoms with van der Waals surface area (Å²) < 4.78 is 30.2. The second-order valence-corrected chi connectivity index (χ2v) is 21.1. The number of carbonyl (C=O) groups is 1. The van der Waals surface area contributed by atoms with Crippen molar-refractivity contribution in [2.24, 2.45) is 56.7 Å². The van der Waals surface area contributed by atoms with Crippen molar-refractivity contribution < 1.29 is 38.7 Å². The summed E-state index contributed by atoms with van der Waals surface area (Å²) in [6, 6.07) is 0. The van der Waals surface area contributed by atoms with Crippen molar-refractivity contribution in [1.82, 2.24) is 9.80 Å². The number of likely N-dealkylation sites (tertiary alicyclic amines) is 1. The van der Waals surface area contributed by atoms with Crippen LogP contribution in [0.4, 0.5) is 0 Å². The average Bonchev–Trinajstić information content (AvgIpc) is 3.71. The third-order valence-electron chi connectivity index (χ3n) is 17.7. The number of ether oxygens (including phenoxy) is 5. The number of aliphatic hydroxyl groups is 2. The van der Waals surface area contributed by atoms with Crippen molar-refractivity contribution in [2.45, 2.75) is 149 Å². The molecule has 13 atom stereocenters. The fourth-order valence-electron chi connectivity index (χ4n) is 14.9. The fourth-order valence-corrected chi connectivity index (χ4v) is 14.9. The number of methoxy groups -OCH3 is 2. The van der Waals surface area contributed by atoms with Crippen LogP contribution < -0.4 is 0 Å². The zero-order chi connectivity index (χ0) is 39.1. The Morgan fingerprint density at radius 3 is 2.35 bits per heavy atom. The Hall–Kier alpha value is -0.850. The van der Waals surface area contributed by atoms with Gasteiger partial charge in [-0.3, -0.25) is 9.69 Å². The molecule has 5 aliphatic carbocycles. The standard InChI is InChI=1S/C44H76N2O8/c1-28(21-32(51-10)38(40(5,6)49)53-29(2)47)31-22-35(48)42(8)34-12-11-33-39(3,4)36(13-14-43(33)27-44(34,43)16-15-41(31,42)7)54-37-26-46(18-20-52-37)25-30-23-45(24-30)17-19-50-9/h28,30-38,48-49H,11-27H2,1-10H3/t28-,31-,32?,33+,34?,35+,36+,37+,38+,41-,42-,43-,44?/m1/s1. The fraction of sp³-hybridized carbons (Fsp3) is 0.977. The molecule has 310 valence electrons. The first-order valence-corrected chi connectivity index (χ1v) is 21.7. The Labute approximate surface area is 326 Å². The van der Waals surface area contributed by atoms with Gasteiger partial charge in [0.15, 0.2) is 12.4 Å². The van der Waals surface area contributed by atoms with Crippen LogP contribution >= 0.6 is 0 Å². The van der Waals surface area contributed by atoms with E-state index in [1.165, 1.54) is 52.1 Å². The largest absolute Gasteiger partial charge is 0.457 e. The molecule has 2 N–H and O–H groups in total.